The predicted molar refractivity (Wildman–Crippen MR) is 111 cm³/mol. The van der Waals surface area contributed by atoms with Gasteiger partial charge < -0.3 is 10.6 Å². The Balaban J connectivity index is 1.64. The van der Waals surface area contributed by atoms with Crippen LogP contribution in [0.2, 0.25) is 0 Å². The van der Waals surface area contributed by atoms with Crippen molar-refractivity contribution >= 4 is 27.5 Å². The van der Waals surface area contributed by atoms with Crippen molar-refractivity contribution in [2.75, 3.05) is 18.4 Å². The standard InChI is InChI=1S/C21H24FN3O4S/c1-14-5-6-15(2)19(12-14)30(28,29)25-11-3-4-18(25)13-23-20(26)21(27)24-17-9-7-16(22)8-10-17/h5-10,12,18H,3-4,11,13H2,1-2H3,(H,23,26)(H,24,27). The number of aryl methyl sites for hydroxylation is 2. The van der Waals surface area contributed by atoms with Crippen LogP contribution in [0.4, 0.5) is 10.1 Å². The van der Waals surface area contributed by atoms with Gasteiger partial charge >= 0.3 is 11.8 Å². The van der Waals surface area contributed by atoms with Crippen LogP contribution in [-0.4, -0.2) is 43.7 Å². The van der Waals surface area contributed by atoms with Crippen molar-refractivity contribution in [1.29, 1.82) is 0 Å². The van der Waals surface area contributed by atoms with Gasteiger partial charge in [0.2, 0.25) is 10.0 Å². The molecule has 0 aliphatic carbocycles. The van der Waals surface area contributed by atoms with E-state index in [4.69, 9.17) is 0 Å². The lowest BCUT2D eigenvalue weighted by molar-refractivity contribution is -0.136. The second-order valence-electron chi connectivity index (χ2n) is 7.35. The van der Waals surface area contributed by atoms with Crippen molar-refractivity contribution in [3.8, 4) is 0 Å². The first-order valence-corrected chi connectivity index (χ1v) is 11.1. The lowest BCUT2D eigenvalue weighted by Gasteiger charge is -2.25. The SMILES string of the molecule is Cc1ccc(C)c(S(=O)(=O)N2CCCC2CNC(=O)C(=O)Nc2ccc(F)cc2)c1. The van der Waals surface area contributed by atoms with E-state index in [0.29, 0.717) is 24.9 Å². The zero-order valence-corrected chi connectivity index (χ0v) is 17.6. The highest BCUT2D eigenvalue weighted by Crippen LogP contribution is 2.28. The Kier molecular flexibility index (Phi) is 6.52. The number of rotatable bonds is 5. The molecule has 2 aromatic rings. The van der Waals surface area contributed by atoms with Crippen LogP contribution >= 0.6 is 0 Å². The van der Waals surface area contributed by atoms with Crippen molar-refractivity contribution in [3.63, 3.8) is 0 Å². The van der Waals surface area contributed by atoms with E-state index >= 15 is 0 Å². The Morgan fingerprint density at radius 1 is 1.10 bits per heavy atom. The highest BCUT2D eigenvalue weighted by atomic mass is 32.2. The topological polar surface area (TPSA) is 95.6 Å². The molecule has 0 bridgehead atoms. The number of sulfonamides is 1. The van der Waals surface area contributed by atoms with Gasteiger partial charge in [0.25, 0.3) is 0 Å². The third-order valence-electron chi connectivity index (χ3n) is 5.06. The molecule has 1 fully saturated rings. The third-order valence-corrected chi connectivity index (χ3v) is 7.15. The smallest absolute Gasteiger partial charge is 0.313 e. The summed E-state index contributed by atoms with van der Waals surface area (Å²) in [5.74, 6) is -2.23. The van der Waals surface area contributed by atoms with E-state index in [1.165, 1.54) is 28.6 Å². The van der Waals surface area contributed by atoms with Crippen LogP contribution in [0.1, 0.15) is 24.0 Å². The average Bonchev–Trinajstić information content (AvgIpc) is 3.19. The van der Waals surface area contributed by atoms with Gasteiger partial charge in [-0.05, 0) is 68.1 Å². The van der Waals surface area contributed by atoms with Crippen LogP contribution in [0, 0.1) is 19.7 Å². The summed E-state index contributed by atoms with van der Waals surface area (Å²) < 4.78 is 40.7. The first kappa shape index (κ1) is 21.9. The molecule has 160 valence electrons. The Bertz CT molecular complexity index is 1050. The molecule has 0 spiro atoms. The molecule has 1 aliphatic rings. The number of carbonyl (C=O) groups excluding carboxylic acids is 2. The van der Waals surface area contributed by atoms with Gasteiger partial charge in [-0.15, -0.1) is 0 Å². The lowest BCUT2D eigenvalue weighted by atomic mass is 10.2. The Morgan fingerprint density at radius 2 is 1.80 bits per heavy atom. The molecule has 2 aromatic carbocycles. The van der Waals surface area contributed by atoms with Crippen LogP contribution in [-0.2, 0) is 19.6 Å². The summed E-state index contributed by atoms with van der Waals surface area (Å²) in [6.45, 7) is 3.97. The maximum Gasteiger partial charge on any atom is 0.313 e. The molecule has 0 radical (unpaired) electrons. The minimum atomic E-state index is -3.72. The summed E-state index contributed by atoms with van der Waals surface area (Å²) in [6.07, 6.45) is 1.26. The zero-order chi connectivity index (χ0) is 21.9. The molecular formula is C21H24FN3O4S. The predicted octanol–water partition coefficient (Wildman–Crippen LogP) is 2.35. The largest absolute Gasteiger partial charge is 0.346 e. The van der Waals surface area contributed by atoms with Gasteiger partial charge in [0.05, 0.1) is 4.90 Å². The van der Waals surface area contributed by atoms with E-state index < -0.39 is 33.7 Å². The van der Waals surface area contributed by atoms with Crippen molar-refractivity contribution in [2.45, 2.75) is 37.6 Å². The van der Waals surface area contributed by atoms with Crippen molar-refractivity contribution in [1.82, 2.24) is 9.62 Å². The molecule has 1 heterocycles. The van der Waals surface area contributed by atoms with Crippen LogP contribution in [0.25, 0.3) is 0 Å². The summed E-state index contributed by atoms with van der Waals surface area (Å²) in [5, 5.41) is 4.88. The number of benzene rings is 2. The number of hydrogen-bond acceptors (Lipinski definition) is 4. The first-order chi connectivity index (χ1) is 14.2. The van der Waals surface area contributed by atoms with Gasteiger partial charge in [-0.1, -0.05) is 12.1 Å². The van der Waals surface area contributed by atoms with E-state index in [9.17, 15) is 22.4 Å². The molecule has 1 unspecified atom stereocenters. The average molecular weight is 434 g/mol. The number of nitrogens with one attached hydrogen (secondary N) is 2. The fraction of sp³-hybridized carbons (Fsp3) is 0.333. The van der Waals surface area contributed by atoms with Crippen molar-refractivity contribution in [3.05, 3.63) is 59.4 Å². The number of carbonyl (C=O) groups is 2. The molecule has 0 saturated carbocycles. The van der Waals surface area contributed by atoms with E-state index in [1.807, 2.05) is 13.0 Å². The molecular weight excluding hydrogens is 409 g/mol. The molecule has 1 saturated heterocycles. The molecule has 30 heavy (non-hydrogen) atoms. The highest BCUT2D eigenvalue weighted by molar-refractivity contribution is 7.89. The van der Waals surface area contributed by atoms with E-state index in [-0.39, 0.29) is 17.1 Å². The molecule has 0 aromatic heterocycles. The van der Waals surface area contributed by atoms with E-state index in [2.05, 4.69) is 10.6 Å². The van der Waals surface area contributed by atoms with Crippen LogP contribution in [0.5, 0.6) is 0 Å². The molecule has 2 amide bonds. The molecule has 1 aliphatic heterocycles. The van der Waals surface area contributed by atoms with Crippen molar-refractivity contribution < 1.29 is 22.4 Å². The molecule has 2 N–H and O–H groups in total. The number of amides is 2. The van der Waals surface area contributed by atoms with Crippen LogP contribution in [0.3, 0.4) is 0 Å². The van der Waals surface area contributed by atoms with Crippen molar-refractivity contribution in [2.24, 2.45) is 0 Å². The lowest BCUT2D eigenvalue weighted by Crippen LogP contribution is -2.45. The number of anilines is 1. The fourth-order valence-corrected chi connectivity index (χ4v) is 5.46. The zero-order valence-electron chi connectivity index (χ0n) is 16.8. The first-order valence-electron chi connectivity index (χ1n) is 9.62. The number of hydrogen-bond donors (Lipinski definition) is 2. The summed E-state index contributed by atoms with van der Waals surface area (Å²) in [6, 6.07) is 9.87. The minimum Gasteiger partial charge on any atom is -0.346 e. The maximum atomic E-state index is 13.2. The van der Waals surface area contributed by atoms with Gasteiger partial charge in [-0.3, -0.25) is 9.59 Å². The monoisotopic (exact) mass is 433 g/mol. The summed E-state index contributed by atoms with van der Waals surface area (Å²) in [4.78, 5) is 24.4. The Hall–Kier alpha value is -2.78. The molecule has 7 nitrogen and oxygen atoms in total. The summed E-state index contributed by atoms with van der Waals surface area (Å²) in [7, 11) is -3.72. The second kappa shape index (κ2) is 8.93. The second-order valence-corrected chi connectivity index (χ2v) is 9.21. The fourth-order valence-electron chi connectivity index (χ4n) is 3.45. The van der Waals surface area contributed by atoms with Gasteiger partial charge in [0, 0.05) is 24.8 Å². The Labute approximate surface area is 175 Å². The number of halogens is 1. The molecule has 9 heteroatoms. The van der Waals surface area contributed by atoms with Gasteiger partial charge in [-0.2, -0.15) is 4.31 Å². The molecule has 1 atom stereocenters. The Morgan fingerprint density at radius 3 is 2.50 bits per heavy atom. The quantitative estimate of drug-likeness (QED) is 0.708. The van der Waals surface area contributed by atoms with E-state index in [1.54, 1.807) is 19.1 Å². The summed E-state index contributed by atoms with van der Waals surface area (Å²) >= 11 is 0. The minimum absolute atomic E-state index is 0.0275. The summed E-state index contributed by atoms with van der Waals surface area (Å²) in [5.41, 5.74) is 1.80. The van der Waals surface area contributed by atoms with Crippen LogP contribution < -0.4 is 10.6 Å². The van der Waals surface area contributed by atoms with Gasteiger partial charge in [0.1, 0.15) is 5.82 Å². The number of nitrogens with zero attached hydrogens (tertiary/aromatic N) is 1. The van der Waals surface area contributed by atoms with Gasteiger partial charge in [-0.25, -0.2) is 12.8 Å². The normalized spacial score (nSPS) is 17.0. The third kappa shape index (κ3) is 4.85. The molecule has 3 rings (SSSR count). The van der Waals surface area contributed by atoms with E-state index in [0.717, 1.165) is 5.56 Å². The van der Waals surface area contributed by atoms with Crippen LogP contribution in [0.15, 0.2) is 47.4 Å². The highest BCUT2D eigenvalue weighted by Gasteiger charge is 2.36. The maximum absolute atomic E-state index is 13.2. The van der Waals surface area contributed by atoms with Gasteiger partial charge in [0.15, 0.2) is 0 Å².